The third-order valence-corrected chi connectivity index (χ3v) is 4.45. The van der Waals surface area contributed by atoms with Gasteiger partial charge in [0.1, 0.15) is 12.3 Å². The first-order valence-corrected chi connectivity index (χ1v) is 8.83. The number of rotatable bonds is 7. The lowest BCUT2D eigenvalue weighted by Gasteiger charge is -2.22. The van der Waals surface area contributed by atoms with Crippen molar-refractivity contribution in [2.24, 2.45) is 0 Å². The van der Waals surface area contributed by atoms with Crippen LogP contribution in [0.4, 0.5) is 5.69 Å². The molecule has 0 aliphatic carbocycles. The summed E-state index contributed by atoms with van der Waals surface area (Å²) in [7, 11) is 1.54. The van der Waals surface area contributed by atoms with Crippen LogP contribution in [0.1, 0.15) is 12.5 Å². The van der Waals surface area contributed by atoms with Crippen LogP contribution in [0.5, 0.6) is 5.75 Å². The number of carbonyl (C=O) groups excluding carboxylic acids is 2. The van der Waals surface area contributed by atoms with Gasteiger partial charge < -0.3 is 15.0 Å². The smallest absolute Gasteiger partial charge is 0.240 e. The number of H-pyrrole nitrogens is 1. The van der Waals surface area contributed by atoms with Crippen LogP contribution in [-0.2, 0) is 16.0 Å². The van der Waals surface area contributed by atoms with Crippen molar-refractivity contribution in [1.29, 1.82) is 0 Å². The molecule has 2 amide bonds. The van der Waals surface area contributed by atoms with Crippen molar-refractivity contribution in [1.82, 2.24) is 10.3 Å². The van der Waals surface area contributed by atoms with Gasteiger partial charge in [-0.3, -0.25) is 14.5 Å². The summed E-state index contributed by atoms with van der Waals surface area (Å²) in [6.45, 7) is 1.88. The number of methoxy groups -OCH3 is 1. The summed E-state index contributed by atoms with van der Waals surface area (Å²) in [4.78, 5) is 29.1. The number of fused-ring (bicyclic) bond motifs is 1. The number of nitrogens with zero attached hydrogens (tertiary/aromatic N) is 1. The van der Waals surface area contributed by atoms with Crippen LogP contribution in [0.3, 0.4) is 0 Å². The number of ether oxygens (including phenoxy) is 1. The molecule has 0 unspecified atom stereocenters. The number of benzene rings is 2. The van der Waals surface area contributed by atoms with Crippen molar-refractivity contribution in [3.63, 3.8) is 0 Å². The molecule has 1 heterocycles. The summed E-state index contributed by atoms with van der Waals surface area (Å²) in [6, 6.07) is 15.2. The van der Waals surface area contributed by atoms with E-state index in [0.717, 1.165) is 16.5 Å². The Labute approximate surface area is 158 Å². The van der Waals surface area contributed by atoms with Gasteiger partial charge in [0.05, 0.1) is 12.8 Å². The first kappa shape index (κ1) is 18.5. The molecule has 0 radical (unpaired) electrons. The van der Waals surface area contributed by atoms with Gasteiger partial charge in [-0.05, 0) is 30.2 Å². The average Bonchev–Trinajstić information content (AvgIpc) is 3.09. The quantitative estimate of drug-likeness (QED) is 0.676. The Hall–Kier alpha value is -3.28. The lowest BCUT2D eigenvalue weighted by Crippen LogP contribution is -2.40. The Morgan fingerprint density at radius 3 is 2.63 bits per heavy atom. The normalized spacial score (nSPS) is 10.6. The second kappa shape index (κ2) is 8.40. The number of amides is 2. The first-order chi connectivity index (χ1) is 13.1. The molecule has 140 valence electrons. The summed E-state index contributed by atoms with van der Waals surface area (Å²) in [5.74, 6) is 0.126. The second-order valence-electron chi connectivity index (χ2n) is 6.24. The maximum absolute atomic E-state index is 12.4. The fourth-order valence-electron chi connectivity index (χ4n) is 3.09. The minimum atomic E-state index is -0.216. The number of carbonyl (C=O) groups is 2. The maximum atomic E-state index is 12.4. The number of hydrogen-bond donors (Lipinski definition) is 2. The van der Waals surface area contributed by atoms with Crippen molar-refractivity contribution >= 4 is 28.4 Å². The number of aromatic amines is 1. The van der Waals surface area contributed by atoms with E-state index in [2.05, 4.69) is 16.4 Å². The summed E-state index contributed by atoms with van der Waals surface area (Å²) in [6.07, 6.45) is 2.68. The molecule has 27 heavy (non-hydrogen) atoms. The van der Waals surface area contributed by atoms with Crippen LogP contribution in [0, 0.1) is 0 Å². The van der Waals surface area contributed by atoms with Gasteiger partial charge in [0.2, 0.25) is 11.8 Å². The monoisotopic (exact) mass is 365 g/mol. The standard InChI is InChI=1S/C21H23N3O3/c1-15(25)24(19-9-5-6-10-20(19)27-2)14-21(26)22-12-11-16-13-23-18-8-4-3-7-17(16)18/h3-10,13,23H,11-12,14H2,1-2H3,(H,22,26). The number of aromatic nitrogens is 1. The summed E-state index contributed by atoms with van der Waals surface area (Å²) in [5, 5.41) is 4.05. The van der Waals surface area contributed by atoms with E-state index < -0.39 is 0 Å². The van der Waals surface area contributed by atoms with Crippen molar-refractivity contribution < 1.29 is 14.3 Å². The number of anilines is 1. The highest BCUT2D eigenvalue weighted by Crippen LogP contribution is 2.27. The zero-order valence-corrected chi connectivity index (χ0v) is 15.5. The largest absolute Gasteiger partial charge is 0.495 e. The van der Waals surface area contributed by atoms with E-state index in [9.17, 15) is 9.59 Å². The molecule has 3 rings (SSSR count). The van der Waals surface area contributed by atoms with E-state index >= 15 is 0 Å². The minimum absolute atomic E-state index is 0.0520. The predicted octanol–water partition coefficient (Wildman–Crippen LogP) is 2.89. The maximum Gasteiger partial charge on any atom is 0.240 e. The second-order valence-corrected chi connectivity index (χ2v) is 6.24. The van der Waals surface area contributed by atoms with E-state index in [1.165, 1.54) is 11.8 Å². The molecule has 0 bridgehead atoms. The summed E-state index contributed by atoms with van der Waals surface area (Å²) in [5.41, 5.74) is 2.82. The molecule has 3 aromatic rings. The molecule has 0 saturated heterocycles. The molecule has 6 nitrogen and oxygen atoms in total. The number of nitrogens with one attached hydrogen (secondary N) is 2. The Bertz CT molecular complexity index is 949. The van der Waals surface area contributed by atoms with E-state index in [1.54, 1.807) is 19.2 Å². The molecule has 2 aromatic carbocycles. The minimum Gasteiger partial charge on any atom is -0.495 e. The first-order valence-electron chi connectivity index (χ1n) is 8.83. The zero-order chi connectivity index (χ0) is 19.2. The fraction of sp³-hybridized carbons (Fsp3) is 0.238. The molecule has 0 fully saturated rings. The molecule has 0 atom stereocenters. The molecule has 0 saturated carbocycles. The van der Waals surface area contributed by atoms with Gasteiger partial charge >= 0.3 is 0 Å². The highest BCUT2D eigenvalue weighted by molar-refractivity contribution is 5.98. The molecular formula is C21H23N3O3. The molecule has 6 heteroatoms. The molecular weight excluding hydrogens is 342 g/mol. The Morgan fingerprint density at radius 1 is 1.11 bits per heavy atom. The van der Waals surface area contributed by atoms with Crippen LogP contribution in [0.2, 0.25) is 0 Å². The third kappa shape index (κ3) is 4.28. The summed E-state index contributed by atoms with van der Waals surface area (Å²) < 4.78 is 5.30. The molecule has 2 N–H and O–H groups in total. The van der Waals surface area contributed by atoms with Gasteiger partial charge in [0.15, 0.2) is 0 Å². The fourth-order valence-corrected chi connectivity index (χ4v) is 3.09. The van der Waals surface area contributed by atoms with E-state index in [1.807, 2.05) is 36.5 Å². The molecule has 0 aliphatic heterocycles. The highest BCUT2D eigenvalue weighted by atomic mass is 16.5. The SMILES string of the molecule is COc1ccccc1N(CC(=O)NCCc1c[nH]c2ccccc12)C(C)=O. The van der Waals surface area contributed by atoms with Gasteiger partial charge in [-0.25, -0.2) is 0 Å². The van der Waals surface area contributed by atoms with Crippen molar-refractivity contribution in [3.8, 4) is 5.75 Å². The Kier molecular flexibility index (Phi) is 5.76. The lowest BCUT2D eigenvalue weighted by molar-refractivity contribution is -0.123. The average molecular weight is 365 g/mol. The number of para-hydroxylation sites is 3. The van der Waals surface area contributed by atoms with Gasteiger partial charge in [-0.15, -0.1) is 0 Å². The Morgan fingerprint density at radius 2 is 1.85 bits per heavy atom. The van der Waals surface area contributed by atoms with Crippen molar-refractivity contribution in [2.45, 2.75) is 13.3 Å². The highest BCUT2D eigenvalue weighted by Gasteiger charge is 2.19. The lowest BCUT2D eigenvalue weighted by atomic mass is 10.1. The van der Waals surface area contributed by atoms with Crippen LogP contribution in [0.25, 0.3) is 10.9 Å². The Balaban J connectivity index is 1.61. The number of hydrogen-bond acceptors (Lipinski definition) is 3. The molecule has 1 aromatic heterocycles. The molecule has 0 spiro atoms. The van der Waals surface area contributed by atoms with Crippen LogP contribution < -0.4 is 15.0 Å². The van der Waals surface area contributed by atoms with Crippen molar-refractivity contribution in [2.75, 3.05) is 25.1 Å². The van der Waals surface area contributed by atoms with Crippen LogP contribution in [0.15, 0.2) is 54.7 Å². The topological polar surface area (TPSA) is 74.4 Å². The van der Waals surface area contributed by atoms with Gasteiger partial charge in [-0.1, -0.05) is 30.3 Å². The zero-order valence-electron chi connectivity index (χ0n) is 15.5. The predicted molar refractivity (Wildman–Crippen MR) is 106 cm³/mol. The van der Waals surface area contributed by atoms with Gasteiger partial charge in [0, 0.05) is 30.6 Å². The van der Waals surface area contributed by atoms with Crippen molar-refractivity contribution in [3.05, 3.63) is 60.3 Å². The van der Waals surface area contributed by atoms with Crippen LogP contribution in [-0.4, -0.2) is 37.0 Å². The van der Waals surface area contributed by atoms with E-state index in [0.29, 0.717) is 24.4 Å². The molecule has 0 aliphatic rings. The van der Waals surface area contributed by atoms with E-state index in [4.69, 9.17) is 4.74 Å². The third-order valence-electron chi connectivity index (χ3n) is 4.45. The van der Waals surface area contributed by atoms with Gasteiger partial charge in [0.25, 0.3) is 0 Å². The van der Waals surface area contributed by atoms with E-state index in [-0.39, 0.29) is 18.4 Å². The summed E-state index contributed by atoms with van der Waals surface area (Å²) >= 11 is 0. The van der Waals surface area contributed by atoms with Gasteiger partial charge in [-0.2, -0.15) is 0 Å². The van der Waals surface area contributed by atoms with Crippen LogP contribution >= 0.6 is 0 Å².